The first kappa shape index (κ1) is 14.1. The Morgan fingerprint density at radius 3 is 2.55 bits per heavy atom. The first-order valence-corrected chi connectivity index (χ1v) is 6.49. The summed E-state index contributed by atoms with van der Waals surface area (Å²) < 4.78 is 4.85. The SMILES string of the molecule is CCOC(=O)CC(C(=O)O)c1cccc2ccccc12. The van der Waals surface area contributed by atoms with E-state index in [-0.39, 0.29) is 13.0 Å². The van der Waals surface area contributed by atoms with Crippen LogP contribution in [0.5, 0.6) is 0 Å². The van der Waals surface area contributed by atoms with Gasteiger partial charge in [0.1, 0.15) is 0 Å². The molecule has 0 amide bonds. The fraction of sp³-hybridized carbons (Fsp3) is 0.250. The molecule has 4 heteroatoms. The Bertz CT molecular complexity index is 628. The summed E-state index contributed by atoms with van der Waals surface area (Å²) in [6, 6.07) is 13.0. The molecule has 1 unspecified atom stereocenters. The maximum absolute atomic E-state index is 11.6. The van der Waals surface area contributed by atoms with Crippen LogP contribution in [-0.4, -0.2) is 23.7 Å². The summed E-state index contributed by atoms with van der Waals surface area (Å²) in [5.74, 6) is -2.40. The zero-order chi connectivity index (χ0) is 14.5. The second kappa shape index (κ2) is 6.19. The van der Waals surface area contributed by atoms with Crippen molar-refractivity contribution in [3.63, 3.8) is 0 Å². The molecular weight excluding hydrogens is 256 g/mol. The zero-order valence-corrected chi connectivity index (χ0v) is 11.2. The maximum atomic E-state index is 11.6. The first-order chi connectivity index (χ1) is 9.63. The van der Waals surface area contributed by atoms with Crippen LogP contribution in [0.2, 0.25) is 0 Å². The molecule has 2 aromatic rings. The van der Waals surface area contributed by atoms with Gasteiger partial charge in [-0.1, -0.05) is 42.5 Å². The van der Waals surface area contributed by atoms with Crippen molar-refractivity contribution in [3.8, 4) is 0 Å². The Balaban J connectivity index is 2.42. The smallest absolute Gasteiger partial charge is 0.311 e. The van der Waals surface area contributed by atoms with E-state index in [4.69, 9.17) is 4.74 Å². The molecule has 0 saturated heterocycles. The van der Waals surface area contributed by atoms with Gasteiger partial charge >= 0.3 is 11.9 Å². The molecule has 20 heavy (non-hydrogen) atoms. The van der Waals surface area contributed by atoms with Crippen LogP contribution in [0.4, 0.5) is 0 Å². The molecular formula is C16H16O4. The summed E-state index contributed by atoms with van der Waals surface area (Å²) in [5.41, 5.74) is 0.642. The van der Waals surface area contributed by atoms with Gasteiger partial charge in [0, 0.05) is 0 Å². The van der Waals surface area contributed by atoms with Crippen LogP contribution in [0.15, 0.2) is 42.5 Å². The summed E-state index contributed by atoms with van der Waals surface area (Å²) in [7, 11) is 0. The molecule has 1 N–H and O–H groups in total. The van der Waals surface area contributed by atoms with E-state index in [0.717, 1.165) is 10.8 Å². The van der Waals surface area contributed by atoms with Crippen LogP contribution >= 0.6 is 0 Å². The molecule has 2 aromatic carbocycles. The number of esters is 1. The van der Waals surface area contributed by atoms with Crippen LogP contribution in [0.25, 0.3) is 10.8 Å². The third-order valence-electron chi connectivity index (χ3n) is 3.17. The Hall–Kier alpha value is -2.36. The largest absolute Gasteiger partial charge is 0.481 e. The monoisotopic (exact) mass is 272 g/mol. The van der Waals surface area contributed by atoms with Crippen LogP contribution < -0.4 is 0 Å². The number of fused-ring (bicyclic) bond motifs is 1. The predicted octanol–water partition coefficient (Wildman–Crippen LogP) is 2.96. The van der Waals surface area contributed by atoms with Crippen molar-refractivity contribution in [2.75, 3.05) is 6.61 Å². The Labute approximate surface area is 117 Å². The lowest BCUT2D eigenvalue weighted by atomic mass is 9.91. The van der Waals surface area contributed by atoms with E-state index in [1.807, 2.05) is 30.3 Å². The van der Waals surface area contributed by atoms with Crippen molar-refractivity contribution in [1.29, 1.82) is 0 Å². The summed E-state index contributed by atoms with van der Waals surface area (Å²) in [5, 5.41) is 11.2. The topological polar surface area (TPSA) is 63.6 Å². The van der Waals surface area contributed by atoms with Gasteiger partial charge in [-0.3, -0.25) is 9.59 Å². The molecule has 0 aliphatic heterocycles. The molecule has 0 radical (unpaired) electrons. The minimum atomic E-state index is -1.02. The molecule has 104 valence electrons. The molecule has 0 heterocycles. The van der Waals surface area contributed by atoms with Crippen LogP contribution in [0.3, 0.4) is 0 Å². The Morgan fingerprint density at radius 2 is 1.85 bits per heavy atom. The van der Waals surface area contributed by atoms with E-state index in [0.29, 0.717) is 5.56 Å². The van der Waals surface area contributed by atoms with Gasteiger partial charge in [-0.05, 0) is 23.3 Å². The number of ether oxygens (including phenoxy) is 1. The van der Waals surface area contributed by atoms with Crippen LogP contribution in [0, 0.1) is 0 Å². The number of carbonyl (C=O) groups is 2. The van der Waals surface area contributed by atoms with Crippen molar-refractivity contribution in [2.24, 2.45) is 0 Å². The second-order valence-corrected chi connectivity index (χ2v) is 4.47. The van der Waals surface area contributed by atoms with Gasteiger partial charge in [0.15, 0.2) is 0 Å². The molecule has 4 nitrogen and oxygen atoms in total. The Kier molecular flexibility index (Phi) is 4.35. The van der Waals surface area contributed by atoms with Crippen LogP contribution in [-0.2, 0) is 14.3 Å². The van der Waals surface area contributed by atoms with Gasteiger partial charge < -0.3 is 9.84 Å². The fourth-order valence-electron chi connectivity index (χ4n) is 2.27. The number of benzene rings is 2. The van der Waals surface area contributed by atoms with E-state index in [1.165, 1.54) is 0 Å². The van der Waals surface area contributed by atoms with E-state index in [9.17, 15) is 14.7 Å². The number of hydrogen-bond donors (Lipinski definition) is 1. The number of carboxylic acids is 1. The molecule has 0 aromatic heterocycles. The molecule has 0 fully saturated rings. The quantitative estimate of drug-likeness (QED) is 0.850. The summed E-state index contributed by atoms with van der Waals surface area (Å²) in [4.78, 5) is 23.1. The average Bonchev–Trinajstić information content (AvgIpc) is 2.44. The predicted molar refractivity (Wildman–Crippen MR) is 75.6 cm³/mol. The molecule has 2 rings (SSSR count). The number of hydrogen-bond acceptors (Lipinski definition) is 3. The highest BCUT2D eigenvalue weighted by molar-refractivity contribution is 5.92. The van der Waals surface area contributed by atoms with E-state index in [2.05, 4.69) is 0 Å². The zero-order valence-electron chi connectivity index (χ0n) is 11.2. The van der Waals surface area contributed by atoms with E-state index >= 15 is 0 Å². The van der Waals surface area contributed by atoms with Crippen molar-refractivity contribution in [3.05, 3.63) is 48.0 Å². The lowest BCUT2D eigenvalue weighted by molar-refractivity contribution is -0.148. The highest BCUT2D eigenvalue weighted by atomic mass is 16.5. The van der Waals surface area contributed by atoms with Crippen molar-refractivity contribution in [2.45, 2.75) is 19.3 Å². The maximum Gasteiger partial charge on any atom is 0.311 e. The molecule has 1 atom stereocenters. The highest BCUT2D eigenvalue weighted by Gasteiger charge is 2.25. The third-order valence-corrected chi connectivity index (χ3v) is 3.17. The number of carboxylic acid groups (broad SMARTS) is 1. The third kappa shape index (κ3) is 2.96. The Morgan fingerprint density at radius 1 is 1.15 bits per heavy atom. The van der Waals surface area contributed by atoms with Gasteiger partial charge in [-0.15, -0.1) is 0 Å². The summed E-state index contributed by atoms with van der Waals surface area (Å²) >= 11 is 0. The number of rotatable bonds is 5. The number of carbonyl (C=O) groups excluding carboxylic acids is 1. The first-order valence-electron chi connectivity index (χ1n) is 6.49. The summed E-state index contributed by atoms with van der Waals surface area (Å²) in [6.45, 7) is 1.95. The second-order valence-electron chi connectivity index (χ2n) is 4.47. The van der Waals surface area contributed by atoms with Gasteiger partial charge in [-0.2, -0.15) is 0 Å². The van der Waals surface area contributed by atoms with Gasteiger partial charge in [0.2, 0.25) is 0 Å². The summed E-state index contributed by atoms with van der Waals surface area (Å²) in [6.07, 6.45) is -0.156. The van der Waals surface area contributed by atoms with Gasteiger partial charge in [0.25, 0.3) is 0 Å². The lowest BCUT2D eigenvalue weighted by Crippen LogP contribution is -2.18. The van der Waals surface area contributed by atoms with Crippen molar-refractivity contribution in [1.82, 2.24) is 0 Å². The molecule has 0 bridgehead atoms. The van der Waals surface area contributed by atoms with Crippen molar-refractivity contribution >= 4 is 22.7 Å². The molecule has 0 spiro atoms. The van der Waals surface area contributed by atoms with Crippen LogP contribution in [0.1, 0.15) is 24.8 Å². The van der Waals surface area contributed by atoms with Gasteiger partial charge in [0.05, 0.1) is 18.9 Å². The normalized spacial score (nSPS) is 12.1. The van der Waals surface area contributed by atoms with Crippen molar-refractivity contribution < 1.29 is 19.4 Å². The average molecular weight is 272 g/mol. The van der Waals surface area contributed by atoms with E-state index < -0.39 is 17.9 Å². The van der Waals surface area contributed by atoms with E-state index in [1.54, 1.807) is 19.1 Å². The fourth-order valence-corrected chi connectivity index (χ4v) is 2.27. The standard InChI is InChI=1S/C16H16O4/c1-2-20-15(17)10-14(16(18)19)13-9-5-7-11-6-3-4-8-12(11)13/h3-9,14H,2,10H2,1H3,(H,18,19). The number of aliphatic carboxylic acids is 1. The molecule has 0 aliphatic rings. The molecule has 0 saturated carbocycles. The lowest BCUT2D eigenvalue weighted by Gasteiger charge is -2.14. The van der Waals surface area contributed by atoms with Gasteiger partial charge in [-0.25, -0.2) is 0 Å². The molecule has 0 aliphatic carbocycles. The minimum Gasteiger partial charge on any atom is -0.481 e. The minimum absolute atomic E-state index is 0.156. The highest BCUT2D eigenvalue weighted by Crippen LogP contribution is 2.28.